The SMILES string of the molecule is O=C(c1ccccc1)c1ccc(Sc2ccc([S+](c3ccccc3)c3ccccc3)cc2)c(Cl)c1.O=S(=O)([O-])C(F)(F)F. The highest BCUT2D eigenvalue weighted by atomic mass is 35.5. The zero-order valence-corrected chi connectivity index (χ0v) is 25.3. The van der Waals surface area contributed by atoms with Gasteiger partial charge < -0.3 is 4.55 Å². The third-order valence-electron chi connectivity index (χ3n) is 5.76. The van der Waals surface area contributed by atoms with Gasteiger partial charge in [0.05, 0.1) is 15.9 Å². The van der Waals surface area contributed by atoms with E-state index in [1.807, 2.05) is 42.5 Å². The van der Waals surface area contributed by atoms with E-state index in [1.54, 1.807) is 17.8 Å². The van der Waals surface area contributed by atoms with Crippen molar-refractivity contribution < 1.29 is 30.9 Å². The average Bonchev–Trinajstić information content (AvgIpc) is 3.00. The van der Waals surface area contributed by atoms with E-state index in [4.69, 9.17) is 24.6 Å². The minimum absolute atomic E-state index is 0.0257. The lowest BCUT2D eigenvalue weighted by atomic mass is 10.0. The maximum atomic E-state index is 12.7. The fourth-order valence-corrected chi connectivity index (χ4v) is 6.97. The van der Waals surface area contributed by atoms with Gasteiger partial charge in [-0.2, -0.15) is 13.2 Å². The molecule has 4 nitrogen and oxygen atoms in total. The maximum Gasteiger partial charge on any atom is 0.485 e. The molecule has 11 heteroatoms. The van der Waals surface area contributed by atoms with Crippen molar-refractivity contribution in [3.05, 3.63) is 150 Å². The van der Waals surface area contributed by atoms with Crippen LogP contribution in [0.3, 0.4) is 0 Å². The Balaban J connectivity index is 0.000000467. The first-order chi connectivity index (χ1) is 20.4. The summed E-state index contributed by atoms with van der Waals surface area (Å²) in [6.07, 6.45) is 0. The van der Waals surface area contributed by atoms with Gasteiger partial charge in [-0.3, -0.25) is 4.79 Å². The Kier molecular flexibility index (Phi) is 10.8. The van der Waals surface area contributed by atoms with Crippen LogP contribution in [0, 0.1) is 0 Å². The summed E-state index contributed by atoms with van der Waals surface area (Å²) in [5.74, 6) is -0.0257. The second-order valence-electron chi connectivity index (χ2n) is 8.75. The Morgan fingerprint density at radius 1 is 0.674 bits per heavy atom. The quantitative estimate of drug-likeness (QED) is 0.0756. The van der Waals surface area contributed by atoms with E-state index in [2.05, 4.69) is 84.9 Å². The molecule has 0 unspecified atom stereocenters. The predicted octanol–water partition coefficient (Wildman–Crippen LogP) is 8.87. The Morgan fingerprint density at radius 2 is 1.12 bits per heavy atom. The Labute approximate surface area is 259 Å². The molecule has 5 aromatic carbocycles. The molecular weight excluding hydrogens is 637 g/mol. The van der Waals surface area contributed by atoms with Crippen LogP contribution in [-0.4, -0.2) is 24.3 Å². The summed E-state index contributed by atoms with van der Waals surface area (Å²) in [7, 11) is -6.26. The van der Waals surface area contributed by atoms with Crippen molar-refractivity contribution in [3.8, 4) is 0 Å². The van der Waals surface area contributed by atoms with Gasteiger partial charge in [0.15, 0.2) is 30.6 Å². The summed E-state index contributed by atoms with van der Waals surface area (Å²) >= 11 is 8.18. The highest BCUT2D eigenvalue weighted by Gasteiger charge is 2.37. The molecule has 0 aliphatic heterocycles. The van der Waals surface area contributed by atoms with Crippen molar-refractivity contribution in [3.63, 3.8) is 0 Å². The second kappa shape index (κ2) is 14.3. The Morgan fingerprint density at radius 3 is 1.56 bits per heavy atom. The van der Waals surface area contributed by atoms with Gasteiger partial charge in [-0.1, -0.05) is 90.1 Å². The molecule has 0 fully saturated rings. The first-order valence-corrected chi connectivity index (χ1v) is 16.3. The van der Waals surface area contributed by atoms with Crippen LogP contribution in [0.5, 0.6) is 0 Å². The van der Waals surface area contributed by atoms with Crippen LogP contribution in [0.2, 0.25) is 5.02 Å². The number of benzene rings is 5. The number of carbonyl (C=O) groups is 1. The zero-order chi connectivity index (χ0) is 31.0. The molecule has 0 heterocycles. The first kappa shape index (κ1) is 32.4. The molecule has 0 spiro atoms. The van der Waals surface area contributed by atoms with E-state index in [-0.39, 0.29) is 16.7 Å². The molecule has 0 aliphatic carbocycles. The summed E-state index contributed by atoms with van der Waals surface area (Å²) in [5.41, 5.74) is -4.39. The van der Waals surface area contributed by atoms with E-state index in [0.717, 1.165) is 9.79 Å². The van der Waals surface area contributed by atoms with Crippen molar-refractivity contribution in [2.24, 2.45) is 0 Å². The topological polar surface area (TPSA) is 74.3 Å². The van der Waals surface area contributed by atoms with Crippen LogP contribution in [0.4, 0.5) is 13.2 Å². The molecule has 0 radical (unpaired) electrons. The van der Waals surface area contributed by atoms with Crippen LogP contribution in [0.15, 0.2) is 158 Å². The predicted molar refractivity (Wildman–Crippen MR) is 163 cm³/mol. The van der Waals surface area contributed by atoms with Gasteiger partial charge >= 0.3 is 5.51 Å². The normalized spacial score (nSPS) is 11.5. The Bertz CT molecular complexity index is 1730. The van der Waals surface area contributed by atoms with Crippen LogP contribution in [0.1, 0.15) is 15.9 Å². The molecule has 5 aromatic rings. The van der Waals surface area contributed by atoms with Crippen molar-refractivity contribution in [1.29, 1.82) is 0 Å². The molecule has 0 saturated carbocycles. The zero-order valence-electron chi connectivity index (χ0n) is 22.1. The number of halogens is 4. The minimum Gasteiger partial charge on any atom is -0.741 e. The van der Waals surface area contributed by atoms with E-state index < -0.39 is 15.6 Å². The number of ketones is 1. The minimum atomic E-state index is -6.09. The van der Waals surface area contributed by atoms with Gasteiger partial charge in [-0.05, 0) is 66.7 Å². The highest BCUT2D eigenvalue weighted by molar-refractivity contribution is 7.99. The lowest BCUT2D eigenvalue weighted by Crippen LogP contribution is -2.21. The number of alkyl halides is 3. The molecule has 43 heavy (non-hydrogen) atoms. The van der Waals surface area contributed by atoms with E-state index >= 15 is 0 Å². The molecule has 0 saturated heterocycles. The summed E-state index contributed by atoms with van der Waals surface area (Å²) in [6.45, 7) is 0. The van der Waals surface area contributed by atoms with Crippen LogP contribution >= 0.6 is 23.4 Å². The first-order valence-electron chi connectivity index (χ1n) is 12.5. The summed E-state index contributed by atoms with van der Waals surface area (Å²) < 4.78 is 58.9. The number of carbonyl (C=O) groups excluding carboxylic acids is 1. The van der Waals surface area contributed by atoms with Gasteiger partial charge in [0, 0.05) is 20.9 Å². The Hall–Kier alpha value is -3.54. The molecule has 0 aliphatic rings. The third kappa shape index (κ3) is 8.75. The van der Waals surface area contributed by atoms with E-state index in [1.165, 1.54) is 14.7 Å². The van der Waals surface area contributed by atoms with Crippen molar-refractivity contribution in [2.75, 3.05) is 0 Å². The molecule has 0 N–H and O–H groups in total. The van der Waals surface area contributed by atoms with Crippen LogP contribution in [0.25, 0.3) is 0 Å². The van der Waals surface area contributed by atoms with E-state index in [9.17, 15) is 18.0 Å². The fraction of sp³-hybridized carbons (Fsp3) is 0.0312. The van der Waals surface area contributed by atoms with E-state index in [0.29, 0.717) is 16.1 Å². The van der Waals surface area contributed by atoms with Crippen LogP contribution < -0.4 is 0 Å². The van der Waals surface area contributed by atoms with Gasteiger partial charge in [0.25, 0.3) is 0 Å². The molecule has 0 bridgehead atoms. The van der Waals surface area contributed by atoms with Crippen LogP contribution in [-0.2, 0) is 21.0 Å². The summed E-state index contributed by atoms with van der Waals surface area (Å²) in [5, 5.41) is 0.578. The number of hydrogen-bond donors (Lipinski definition) is 0. The lowest BCUT2D eigenvalue weighted by molar-refractivity contribution is -0.0517. The summed E-state index contributed by atoms with van der Waals surface area (Å²) in [6, 6.07) is 44.7. The molecule has 5 rings (SSSR count). The molecular formula is C32H22ClF3O4S3. The smallest absolute Gasteiger partial charge is 0.485 e. The number of rotatable bonds is 7. The molecule has 0 atom stereocenters. The molecule has 0 amide bonds. The van der Waals surface area contributed by atoms with Crippen molar-refractivity contribution >= 4 is 50.2 Å². The highest BCUT2D eigenvalue weighted by Crippen LogP contribution is 2.36. The van der Waals surface area contributed by atoms with Crippen molar-refractivity contribution in [1.82, 2.24) is 0 Å². The van der Waals surface area contributed by atoms with Gasteiger partial charge in [-0.25, -0.2) is 8.42 Å². The monoisotopic (exact) mass is 658 g/mol. The number of hydrogen-bond acceptors (Lipinski definition) is 5. The van der Waals surface area contributed by atoms with Gasteiger partial charge in [0.2, 0.25) is 0 Å². The molecule has 0 aromatic heterocycles. The van der Waals surface area contributed by atoms with Crippen molar-refractivity contribution in [2.45, 2.75) is 30.0 Å². The third-order valence-corrected chi connectivity index (χ3v) is 10.1. The van der Waals surface area contributed by atoms with Gasteiger partial charge in [0.1, 0.15) is 0 Å². The molecule has 220 valence electrons. The fourth-order valence-electron chi connectivity index (χ4n) is 3.77. The maximum absolute atomic E-state index is 12.7. The standard InChI is InChI=1S/C31H22ClOS2.CHF3O3S/c32-29-22-24(31(33)23-10-4-1-5-11-23)16-21-30(29)34-25-17-19-28(20-18-25)35(26-12-6-2-7-13-26)27-14-8-3-9-15-27;2-1(3,4)8(5,6)7/h1-22H;(H,5,6,7)/q+1;/p-1. The lowest BCUT2D eigenvalue weighted by Gasteiger charge is -2.10. The summed E-state index contributed by atoms with van der Waals surface area (Å²) in [4.78, 5) is 18.6. The van der Waals surface area contributed by atoms with Gasteiger partial charge in [-0.15, -0.1) is 0 Å². The average molecular weight is 659 g/mol. The second-order valence-corrected chi connectivity index (χ2v) is 13.7. The largest absolute Gasteiger partial charge is 0.741 e.